The van der Waals surface area contributed by atoms with E-state index in [9.17, 15) is 19.5 Å². The van der Waals surface area contributed by atoms with Crippen LogP contribution in [0.5, 0.6) is 0 Å². The van der Waals surface area contributed by atoms with E-state index in [1.54, 1.807) is 4.90 Å². The Bertz CT molecular complexity index is 987. The van der Waals surface area contributed by atoms with Crippen molar-refractivity contribution in [2.75, 3.05) is 13.2 Å². The number of ether oxygens (including phenoxy) is 1. The van der Waals surface area contributed by atoms with E-state index in [0.29, 0.717) is 6.54 Å². The molecule has 1 fully saturated rings. The second-order valence-electron chi connectivity index (χ2n) is 8.67. The molecule has 1 aliphatic carbocycles. The van der Waals surface area contributed by atoms with Crippen LogP contribution in [0.3, 0.4) is 0 Å². The SMILES string of the molecule is CC1(C)CCN1C(=O)C(CC(=O)O)NC(=O)OCC1c2ccccc2-c2ccccc21. The van der Waals surface area contributed by atoms with Gasteiger partial charge in [-0.15, -0.1) is 0 Å². The molecule has 0 aromatic heterocycles. The summed E-state index contributed by atoms with van der Waals surface area (Å²) >= 11 is 0. The number of fused-ring (bicyclic) bond motifs is 3. The summed E-state index contributed by atoms with van der Waals surface area (Å²) in [5.41, 5.74) is 4.06. The monoisotopic (exact) mass is 422 g/mol. The fourth-order valence-electron chi connectivity index (χ4n) is 4.42. The van der Waals surface area contributed by atoms with Gasteiger partial charge in [0.2, 0.25) is 5.91 Å². The molecule has 1 unspecified atom stereocenters. The summed E-state index contributed by atoms with van der Waals surface area (Å²) in [6, 6.07) is 14.8. The largest absolute Gasteiger partial charge is 0.481 e. The molecule has 0 saturated carbocycles. The molecule has 2 aromatic carbocycles. The van der Waals surface area contributed by atoms with Crippen LogP contribution in [-0.2, 0) is 14.3 Å². The number of nitrogens with zero attached hydrogens (tertiary/aromatic N) is 1. The van der Waals surface area contributed by atoms with Crippen LogP contribution in [0.15, 0.2) is 48.5 Å². The standard InChI is InChI=1S/C24H26N2O5/c1-24(2)11-12-26(24)22(29)20(13-21(27)28)25-23(30)31-14-19-17-9-5-3-7-15(17)16-8-4-6-10-18(16)19/h3-10,19-20H,11-14H2,1-2H3,(H,25,30)(H,27,28). The molecule has 7 heteroatoms. The fraction of sp³-hybridized carbons (Fsp3) is 0.375. The maximum Gasteiger partial charge on any atom is 0.407 e. The van der Waals surface area contributed by atoms with Gasteiger partial charge in [-0.3, -0.25) is 9.59 Å². The number of carbonyl (C=O) groups excluding carboxylic acids is 2. The minimum absolute atomic E-state index is 0.100. The van der Waals surface area contributed by atoms with Gasteiger partial charge in [0.05, 0.1) is 6.42 Å². The molecule has 0 bridgehead atoms. The summed E-state index contributed by atoms with van der Waals surface area (Å²) in [6.45, 7) is 4.48. The lowest BCUT2D eigenvalue weighted by Gasteiger charge is -2.49. The second kappa shape index (κ2) is 8.06. The number of carboxylic acid groups (broad SMARTS) is 1. The molecule has 1 heterocycles. The third-order valence-corrected chi connectivity index (χ3v) is 6.26. The first-order valence-electron chi connectivity index (χ1n) is 10.4. The van der Waals surface area contributed by atoms with E-state index in [4.69, 9.17) is 4.74 Å². The highest BCUT2D eigenvalue weighted by molar-refractivity contribution is 5.90. The Morgan fingerprint density at radius 2 is 1.68 bits per heavy atom. The van der Waals surface area contributed by atoms with E-state index in [2.05, 4.69) is 5.32 Å². The van der Waals surface area contributed by atoms with Crippen molar-refractivity contribution in [1.29, 1.82) is 0 Å². The number of benzene rings is 2. The van der Waals surface area contributed by atoms with Crippen LogP contribution >= 0.6 is 0 Å². The Balaban J connectivity index is 1.44. The average molecular weight is 422 g/mol. The van der Waals surface area contributed by atoms with Gasteiger partial charge >= 0.3 is 12.1 Å². The second-order valence-corrected chi connectivity index (χ2v) is 8.67. The fourth-order valence-corrected chi connectivity index (χ4v) is 4.42. The molecule has 1 atom stereocenters. The number of alkyl carbamates (subject to hydrolysis) is 1. The summed E-state index contributed by atoms with van der Waals surface area (Å²) < 4.78 is 5.47. The molecule has 2 aromatic rings. The van der Waals surface area contributed by atoms with Crippen molar-refractivity contribution in [3.05, 3.63) is 59.7 Å². The van der Waals surface area contributed by atoms with Crippen molar-refractivity contribution >= 4 is 18.0 Å². The normalized spacial score (nSPS) is 17.2. The van der Waals surface area contributed by atoms with Gasteiger partial charge in [-0.05, 0) is 42.5 Å². The van der Waals surface area contributed by atoms with Crippen molar-refractivity contribution in [3.63, 3.8) is 0 Å². The van der Waals surface area contributed by atoms with E-state index in [-0.39, 0.29) is 18.1 Å². The summed E-state index contributed by atoms with van der Waals surface area (Å²) in [7, 11) is 0. The maximum atomic E-state index is 12.8. The quantitative estimate of drug-likeness (QED) is 0.744. The van der Waals surface area contributed by atoms with Crippen LogP contribution in [-0.4, -0.2) is 52.7 Å². The zero-order valence-corrected chi connectivity index (χ0v) is 17.6. The topological polar surface area (TPSA) is 95.9 Å². The van der Waals surface area contributed by atoms with E-state index in [1.165, 1.54) is 0 Å². The number of aliphatic carboxylic acids is 1. The van der Waals surface area contributed by atoms with Gasteiger partial charge < -0.3 is 20.1 Å². The predicted octanol–water partition coefficient (Wildman–Crippen LogP) is 3.38. The number of likely N-dealkylation sites (tertiary alicyclic amines) is 1. The third-order valence-electron chi connectivity index (χ3n) is 6.26. The molecule has 31 heavy (non-hydrogen) atoms. The molecule has 162 valence electrons. The van der Waals surface area contributed by atoms with Crippen molar-refractivity contribution < 1.29 is 24.2 Å². The van der Waals surface area contributed by atoms with E-state index in [0.717, 1.165) is 28.7 Å². The van der Waals surface area contributed by atoms with Crippen LogP contribution in [0.25, 0.3) is 11.1 Å². The number of carbonyl (C=O) groups is 3. The summed E-state index contributed by atoms with van der Waals surface area (Å²) in [4.78, 5) is 38.2. The number of carboxylic acids is 1. The van der Waals surface area contributed by atoms with Crippen molar-refractivity contribution in [3.8, 4) is 11.1 Å². The van der Waals surface area contributed by atoms with E-state index < -0.39 is 30.4 Å². The zero-order valence-electron chi connectivity index (χ0n) is 17.6. The van der Waals surface area contributed by atoms with Crippen LogP contribution in [0.1, 0.15) is 43.7 Å². The minimum Gasteiger partial charge on any atom is -0.481 e. The predicted molar refractivity (Wildman–Crippen MR) is 115 cm³/mol. The maximum absolute atomic E-state index is 12.8. The average Bonchev–Trinajstić information content (AvgIpc) is 3.04. The highest BCUT2D eigenvalue weighted by Gasteiger charge is 2.42. The van der Waals surface area contributed by atoms with Crippen LogP contribution in [0.4, 0.5) is 4.79 Å². The Morgan fingerprint density at radius 3 is 2.16 bits per heavy atom. The van der Waals surface area contributed by atoms with Crippen LogP contribution in [0, 0.1) is 0 Å². The molecule has 2 N–H and O–H groups in total. The van der Waals surface area contributed by atoms with Gasteiger partial charge in [-0.1, -0.05) is 48.5 Å². The molecule has 1 aliphatic heterocycles. The molecular weight excluding hydrogens is 396 g/mol. The number of nitrogens with one attached hydrogen (secondary N) is 1. The first kappa shape index (κ1) is 20.9. The van der Waals surface area contributed by atoms with Gasteiger partial charge in [0.1, 0.15) is 12.6 Å². The summed E-state index contributed by atoms with van der Waals surface area (Å²) in [6.07, 6.45) is -0.446. The number of amides is 2. The Labute approximate surface area is 181 Å². The number of hydrogen-bond acceptors (Lipinski definition) is 4. The Morgan fingerprint density at radius 1 is 1.10 bits per heavy atom. The summed E-state index contributed by atoms with van der Waals surface area (Å²) in [5.74, 6) is -1.66. The molecular formula is C24H26N2O5. The lowest BCUT2D eigenvalue weighted by Crippen LogP contribution is -2.63. The van der Waals surface area contributed by atoms with Gasteiger partial charge in [0, 0.05) is 18.0 Å². The van der Waals surface area contributed by atoms with Crippen LogP contribution in [0.2, 0.25) is 0 Å². The van der Waals surface area contributed by atoms with Crippen molar-refractivity contribution in [2.24, 2.45) is 0 Å². The summed E-state index contributed by atoms with van der Waals surface area (Å²) in [5, 5.41) is 11.7. The van der Waals surface area contributed by atoms with Gasteiger partial charge in [0.25, 0.3) is 0 Å². The molecule has 0 radical (unpaired) electrons. The highest BCUT2D eigenvalue weighted by Crippen LogP contribution is 2.44. The molecule has 7 nitrogen and oxygen atoms in total. The smallest absolute Gasteiger partial charge is 0.407 e. The molecule has 1 saturated heterocycles. The van der Waals surface area contributed by atoms with Crippen LogP contribution < -0.4 is 5.32 Å². The Kier molecular flexibility index (Phi) is 5.43. The molecule has 2 amide bonds. The highest BCUT2D eigenvalue weighted by atomic mass is 16.5. The van der Waals surface area contributed by atoms with Gasteiger partial charge in [-0.2, -0.15) is 0 Å². The Hall–Kier alpha value is -3.35. The zero-order chi connectivity index (χ0) is 22.2. The first-order chi connectivity index (χ1) is 14.8. The van der Waals surface area contributed by atoms with Gasteiger partial charge in [-0.25, -0.2) is 4.79 Å². The molecule has 4 rings (SSSR count). The van der Waals surface area contributed by atoms with Crippen molar-refractivity contribution in [1.82, 2.24) is 10.2 Å². The number of hydrogen-bond donors (Lipinski definition) is 2. The molecule has 0 spiro atoms. The first-order valence-corrected chi connectivity index (χ1v) is 10.4. The minimum atomic E-state index is -1.16. The van der Waals surface area contributed by atoms with Crippen molar-refractivity contribution in [2.45, 2.75) is 44.2 Å². The van der Waals surface area contributed by atoms with E-state index in [1.807, 2.05) is 62.4 Å². The molecule has 2 aliphatic rings. The third kappa shape index (κ3) is 4.00. The number of rotatable bonds is 6. The lowest BCUT2D eigenvalue weighted by atomic mass is 9.88. The van der Waals surface area contributed by atoms with E-state index >= 15 is 0 Å². The van der Waals surface area contributed by atoms with Gasteiger partial charge in [0.15, 0.2) is 0 Å². The lowest BCUT2D eigenvalue weighted by molar-refractivity contribution is -0.150.